The van der Waals surface area contributed by atoms with E-state index in [1.54, 1.807) is 7.05 Å². The average Bonchev–Trinajstić information content (AvgIpc) is 2.64. The quantitative estimate of drug-likeness (QED) is 0.173. The standard InChI is InChI=1S/C18H34N4O3.HI/c1-19-16(23)14-15-9-12-22(13-10-15)18(20-2)21-11-7-5-4-6-8-17(24)25-3;/h15H,4-14H2,1-3H3,(H,19,23)(H,20,21);1H. The number of nitrogens with zero attached hydrogens (tertiary/aromatic N) is 2. The van der Waals surface area contributed by atoms with E-state index < -0.39 is 0 Å². The van der Waals surface area contributed by atoms with Gasteiger partial charge in [0.05, 0.1) is 7.11 Å². The summed E-state index contributed by atoms with van der Waals surface area (Å²) >= 11 is 0. The maximum Gasteiger partial charge on any atom is 0.305 e. The number of aliphatic imine (C=N–C) groups is 1. The van der Waals surface area contributed by atoms with E-state index in [1.807, 2.05) is 7.05 Å². The molecule has 0 aliphatic carbocycles. The molecular weight excluding hydrogens is 447 g/mol. The van der Waals surface area contributed by atoms with Crippen LogP contribution in [0, 0.1) is 5.92 Å². The lowest BCUT2D eigenvalue weighted by Gasteiger charge is -2.34. The van der Waals surface area contributed by atoms with E-state index in [2.05, 4.69) is 25.3 Å². The van der Waals surface area contributed by atoms with Crippen LogP contribution in [-0.4, -0.2) is 63.6 Å². The molecule has 0 atom stereocenters. The van der Waals surface area contributed by atoms with Crippen LogP contribution >= 0.6 is 24.0 Å². The number of ether oxygens (including phenoxy) is 1. The van der Waals surface area contributed by atoms with Crippen molar-refractivity contribution in [3.05, 3.63) is 0 Å². The Kier molecular flexibility index (Phi) is 14.4. The molecule has 2 N–H and O–H groups in total. The second-order valence-corrected chi connectivity index (χ2v) is 6.52. The van der Waals surface area contributed by atoms with Crippen LogP contribution in [0.1, 0.15) is 51.4 Å². The molecular formula is C18H35IN4O3. The first-order chi connectivity index (χ1) is 12.1. The van der Waals surface area contributed by atoms with Crippen molar-refractivity contribution >= 4 is 41.8 Å². The summed E-state index contributed by atoms with van der Waals surface area (Å²) in [5, 5.41) is 6.12. The summed E-state index contributed by atoms with van der Waals surface area (Å²) in [7, 11) is 4.94. The van der Waals surface area contributed by atoms with E-state index in [0.29, 0.717) is 18.8 Å². The zero-order valence-corrected chi connectivity index (χ0v) is 18.7. The molecule has 7 nitrogen and oxygen atoms in total. The molecule has 1 fully saturated rings. The number of carbonyl (C=O) groups excluding carboxylic acids is 2. The van der Waals surface area contributed by atoms with Gasteiger partial charge >= 0.3 is 5.97 Å². The van der Waals surface area contributed by atoms with Crippen LogP contribution in [0.15, 0.2) is 4.99 Å². The fraction of sp³-hybridized carbons (Fsp3) is 0.833. The number of likely N-dealkylation sites (tertiary alicyclic amines) is 1. The Balaban J connectivity index is 0.00000625. The summed E-state index contributed by atoms with van der Waals surface area (Å²) in [6.07, 6.45) is 7.28. The van der Waals surface area contributed by atoms with Gasteiger partial charge in [-0.2, -0.15) is 0 Å². The number of carbonyl (C=O) groups is 2. The van der Waals surface area contributed by atoms with Gasteiger partial charge < -0.3 is 20.3 Å². The normalized spacial score (nSPS) is 15.2. The number of esters is 1. The van der Waals surface area contributed by atoms with Gasteiger partial charge in [0.1, 0.15) is 0 Å². The molecule has 1 aliphatic rings. The molecule has 0 bridgehead atoms. The number of guanidine groups is 1. The fourth-order valence-corrected chi connectivity index (χ4v) is 3.10. The van der Waals surface area contributed by atoms with Gasteiger partial charge in [-0.3, -0.25) is 14.6 Å². The third kappa shape index (κ3) is 10.2. The predicted octanol–water partition coefficient (Wildman–Crippen LogP) is 2.15. The maximum atomic E-state index is 11.5. The summed E-state index contributed by atoms with van der Waals surface area (Å²) < 4.78 is 4.63. The molecule has 0 aromatic carbocycles. The number of amides is 1. The predicted molar refractivity (Wildman–Crippen MR) is 115 cm³/mol. The molecule has 1 heterocycles. The zero-order valence-electron chi connectivity index (χ0n) is 16.4. The van der Waals surface area contributed by atoms with Gasteiger partial charge in [-0.05, 0) is 31.6 Å². The molecule has 1 rings (SSSR count). The van der Waals surface area contributed by atoms with Crippen LogP contribution in [0.2, 0.25) is 0 Å². The lowest BCUT2D eigenvalue weighted by Crippen LogP contribution is -2.46. The monoisotopic (exact) mass is 482 g/mol. The van der Waals surface area contributed by atoms with Crippen LogP contribution in [0.5, 0.6) is 0 Å². The molecule has 1 saturated heterocycles. The van der Waals surface area contributed by atoms with Gasteiger partial charge in [-0.15, -0.1) is 24.0 Å². The topological polar surface area (TPSA) is 83.0 Å². The van der Waals surface area contributed by atoms with Crippen molar-refractivity contribution in [3.8, 4) is 0 Å². The van der Waals surface area contributed by atoms with Crippen molar-refractivity contribution in [2.75, 3.05) is 40.8 Å². The first kappa shape index (κ1) is 24.9. The van der Waals surface area contributed by atoms with Gasteiger partial charge in [0.25, 0.3) is 0 Å². The molecule has 0 aromatic heterocycles. The van der Waals surface area contributed by atoms with Crippen LogP contribution in [0.25, 0.3) is 0 Å². The Morgan fingerprint density at radius 2 is 1.81 bits per heavy atom. The highest BCUT2D eigenvalue weighted by atomic mass is 127. The fourth-order valence-electron chi connectivity index (χ4n) is 3.10. The molecule has 8 heteroatoms. The van der Waals surface area contributed by atoms with Crippen LogP contribution in [0.3, 0.4) is 0 Å². The lowest BCUT2D eigenvalue weighted by atomic mass is 9.93. The van der Waals surface area contributed by atoms with Crippen molar-refractivity contribution in [3.63, 3.8) is 0 Å². The van der Waals surface area contributed by atoms with Gasteiger partial charge in [-0.25, -0.2) is 0 Å². The number of piperidine rings is 1. The molecule has 0 aromatic rings. The average molecular weight is 482 g/mol. The Morgan fingerprint density at radius 3 is 2.38 bits per heavy atom. The summed E-state index contributed by atoms with van der Waals surface area (Å²) in [5.41, 5.74) is 0. The summed E-state index contributed by atoms with van der Waals surface area (Å²) in [6, 6.07) is 0. The maximum absolute atomic E-state index is 11.5. The first-order valence-corrected chi connectivity index (χ1v) is 9.33. The smallest absolute Gasteiger partial charge is 0.305 e. The van der Waals surface area contributed by atoms with Crippen LogP contribution < -0.4 is 10.6 Å². The van der Waals surface area contributed by atoms with Crippen molar-refractivity contribution in [1.29, 1.82) is 0 Å². The number of unbranched alkanes of at least 4 members (excludes halogenated alkanes) is 3. The minimum atomic E-state index is -0.127. The number of rotatable bonds is 9. The Bertz CT molecular complexity index is 438. The molecule has 0 saturated carbocycles. The summed E-state index contributed by atoms with van der Waals surface area (Å²) in [4.78, 5) is 29.1. The number of hydrogen-bond acceptors (Lipinski definition) is 4. The second kappa shape index (κ2) is 15.0. The van der Waals surface area contributed by atoms with E-state index in [-0.39, 0.29) is 35.9 Å². The Morgan fingerprint density at radius 1 is 1.15 bits per heavy atom. The number of hydrogen-bond donors (Lipinski definition) is 2. The van der Waals surface area contributed by atoms with Crippen molar-refractivity contribution in [2.45, 2.75) is 51.4 Å². The molecule has 26 heavy (non-hydrogen) atoms. The Hall–Kier alpha value is -1.06. The molecule has 152 valence electrons. The van der Waals surface area contributed by atoms with Crippen molar-refractivity contribution in [1.82, 2.24) is 15.5 Å². The number of nitrogens with one attached hydrogen (secondary N) is 2. The van der Waals surface area contributed by atoms with Crippen molar-refractivity contribution in [2.24, 2.45) is 10.9 Å². The highest BCUT2D eigenvalue weighted by molar-refractivity contribution is 14.0. The molecule has 0 unspecified atom stereocenters. The van der Waals surface area contributed by atoms with Gasteiger partial charge in [0, 0.05) is 46.6 Å². The van der Waals surface area contributed by atoms with Gasteiger partial charge in [0.2, 0.25) is 5.91 Å². The van der Waals surface area contributed by atoms with E-state index in [4.69, 9.17) is 0 Å². The van der Waals surface area contributed by atoms with E-state index in [1.165, 1.54) is 7.11 Å². The number of halogens is 1. The van der Waals surface area contributed by atoms with Crippen molar-refractivity contribution < 1.29 is 14.3 Å². The SMILES string of the molecule is CN=C(NCCCCCCC(=O)OC)N1CCC(CC(=O)NC)CC1.I. The third-order valence-corrected chi connectivity index (χ3v) is 4.70. The zero-order chi connectivity index (χ0) is 18.5. The molecule has 0 radical (unpaired) electrons. The summed E-state index contributed by atoms with van der Waals surface area (Å²) in [5.74, 6) is 1.43. The van der Waals surface area contributed by atoms with Crippen LogP contribution in [0.4, 0.5) is 0 Å². The minimum Gasteiger partial charge on any atom is -0.469 e. The second-order valence-electron chi connectivity index (χ2n) is 6.52. The molecule has 0 spiro atoms. The lowest BCUT2D eigenvalue weighted by molar-refractivity contribution is -0.140. The van der Waals surface area contributed by atoms with Gasteiger partial charge in [0.15, 0.2) is 5.96 Å². The van der Waals surface area contributed by atoms with E-state index in [0.717, 1.165) is 64.1 Å². The molecule has 1 aliphatic heterocycles. The van der Waals surface area contributed by atoms with E-state index in [9.17, 15) is 9.59 Å². The van der Waals surface area contributed by atoms with E-state index >= 15 is 0 Å². The summed E-state index contributed by atoms with van der Waals surface area (Å²) in [6.45, 7) is 2.78. The largest absolute Gasteiger partial charge is 0.469 e. The molecule has 1 amide bonds. The first-order valence-electron chi connectivity index (χ1n) is 9.33. The minimum absolute atomic E-state index is 0. The highest BCUT2D eigenvalue weighted by Crippen LogP contribution is 2.20. The number of methoxy groups -OCH3 is 1. The van der Waals surface area contributed by atoms with Crippen LogP contribution in [-0.2, 0) is 14.3 Å². The van der Waals surface area contributed by atoms with Gasteiger partial charge in [-0.1, -0.05) is 12.8 Å². The highest BCUT2D eigenvalue weighted by Gasteiger charge is 2.22. The Labute approximate surface area is 174 Å². The third-order valence-electron chi connectivity index (χ3n) is 4.70.